The van der Waals surface area contributed by atoms with E-state index in [2.05, 4.69) is 16.0 Å². The molecule has 0 aliphatic carbocycles. The van der Waals surface area contributed by atoms with Gasteiger partial charge in [0.05, 0.1) is 5.39 Å². The Balaban J connectivity index is 0.000000152. The first-order valence-corrected chi connectivity index (χ1v) is 8.16. The van der Waals surface area contributed by atoms with E-state index in [4.69, 9.17) is 4.42 Å². The van der Waals surface area contributed by atoms with Crippen LogP contribution in [0.5, 0.6) is 5.75 Å². The number of nitrogens with zero attached hydrogens (tertiary/aromatic N) is 2. The third-order valence-electron chi connectivity index (χ3n) is 3.88. The zero-order valence-corrected chi connectivity index (χ0v) is 16.6. The zero-order chi connectivity index (χ0) is 17.8. The normalized spacial score (nSPS) is 10.1. The third kappa shape index (κ3) is 4.05. The average molecular weight is 532 g/mol. The number of aromatic nitrogens is 2. The second-order valence-electron chi connectivity index (χ2n) is 5.59. The molecular formula is C22H15IrN2O2-. The van der Waals surface area contributed by atoms with Crippen molar-refractivity contribution in [1.29, 1.82) is 0 Å². The van der Waals surface area contributed by atoms with Gasteiger partial charge in [-0.15, -0.1) is 35.9 Å². The predicted octanol–water partition coefficient (Wildman–Crippen LogP) is 5.23. The van der Waals surface area contributed by atoms with Gasteiger partial charge in [0.1, 0.15) is 16.8 Å². The number of phenols is 1. The van der Waals surface area contributed by atoms with Crippen LogP contribution in [-0.2, 0) is 20.1 Å². The van der Waals surface area contributed by atoms with Crippen LogP contribution in [0, 0.1) is 6.07 Å². The molecule has 27 heavy (non-hydrogen) atoms. The molecule has 0 unspecified atom stereocenters. The molecule has 0 aliphatic rings. The summed E-state index contributed by atoms with van der Waals surface area (Å²) in [6, 6.07) is 25.7. The van der Waals surface area contributed by atoms with Gasteiger partial charge in [0.2, 0.25) is 0 Å². The van der Waals surface area contributed by atoms with Crippen LogP contribution in [0.1, 0.15) is 0 Å². The van der Waals surface area contributed by atoms with Crippen LogP contribution in [0.2, 0.25) is 0 Å². The Morgan fingerprint density at radius 3 is 2.37 bits per heavy atom. The summed E-state index contributed by atoms with van der Waals surface area (Å²) in [5, 5.41) is 10.3. The Labute approximate surface area is 169 Å². The van der Waals surface area contributed by atoms with Crippen molar-refractivity contribution in [3.05, 3.63) is 91.3 Å². The maximum absolute atomic E-state index is 9.66. The topological polar surface area (TPSA) is 59.2 Å². The van der Waals surface area contributed by atoms with E-state index in [0.29, 0.717) is 22.1 Å². The van der Waals surface area contributed by atoms with Crippen molar-refractivity contribution < 1.29 is 29.6 Å². The Bertz CT molecular complexity index is 1100. The Morgan fingerprint density at radius 2 is 1.59 bits per heavy atom. The second kappa shape index (κ2) is 8.58. The first kappa shape index (κ1) is 18.8. The van der Waals surface area contributed by atoms with Gasteiger partial charge in [0, 0.05) is 32.5 Å². The van der Waals surface area contributed by atoms with Gasteiger partial charge in [0.25, 0.3) is 0 Å². The summed E-state index contributed by atoms with van der Waals surface area (Å²) in [5.74, 6) is 0.208. The third-order valence-corrected chi connectivity index (χ3v) is 3.88. The van der Waals surface area contributed by atoms with Gasteiger partial charge in [-0.2, -0.15) is 0 Å². The average Bonchev–Trinajstić information content (AvgIpc) is 3.10. The van der Waals surface area contributed by atoms with Crippen LogP contribution in [0.3, 0.4) is 0 Å². The second-order valence-corrected chi connectivity index (χ2v) is 5.59. The van der Waals surface area contributed by atoms with E-state index in [0.717, 1.165) is 11.3 Å². The molecule has 0 bridgehead atoms. The van der Waals surface area contributed by atoms with Crippen molar-refractivity contribution in [2.45, 2.75) is 0 Å². The van der Waals surface area contributed by atoms with Crippen molar-refractivity contribution in [1.82, 2.24) is 9.97 Å². The largest absolute Gasteiger partial charge is 0.507 e. The Hall–Kier alpha value is -3.01. The SMILES string of the molecule is Oc1cccc2oc3cccnc3c12.[Ir].[c-]1ccccc1-c1ccccn1. The molecule has 0 spiro atoms. The molecule has 0 saturated carbocycles. The molecule has 2 aromatic carbocycles. The summed E-state index contributed by atoms with van der Waals surface area (Å²) >= 11 is 0. The molecule has 3 heterocycles. The number of pyridine rings is 2. The summed E-state index contributed by atoms with van der Waals surface area (Å²) in [6.07, 6.45) is 3.47. The molecule has 0 amide bonds. The first-order valence-electron chi connectivity index (χ1n) is 8.16. The van der Waals surface area contributed by atoms with E-state index in [1.807, 2.05) is 60.7 Å². The molecule has 4 nitrogen and oxygen atoms in total. The Kier molecular flexibility index (Phi) is 5.97. The molecule has 5 rings (SSSR count). The predicted molar refractivity (Wildman–Crippen MR) is 102 cm³/mol. The van der Waals surface area contributed by atoms with Gasteiger partial charge in [-0.3, -0.25) is 4.98 Å². The first-order chi connectivity index (χ1) is 12.8. The maximum atomic E-state index is 9.66. The number of aromatic hydroxyl groups is 1. The molecule has 3 aromatic heterocycles. The van der Waals surface area contributed by atoms with E-state index in [1.165, 1.54) is 0 Å². The van der Waals surface area contributed by atoms with Crippen LogP contribution < -0.4 is 0 Å². The number of furan rings is 1. The van der Waals surface area contributed by atoms with E-state index in [-0.39, 0.29) is 25.9 Å². The molecule has 0 fully saturated rings. The number of hydrogen-bond acceptors (Lipinski definition) is 4. The number of rotatable bonds is 1. The quantitative estimate of drug-likeness (QED) is 0.301. The van der Waals surface area contributed by atoms with Crippen LogP contribution in [0.4, 0.5) is 0 Å². The zero-order valence-electron chi connectivity index (χ0n) is 14.2. The number of benzene rings is 2. The molecule has 5 heteroatoms. The van der Waals surface area contributed by atoms with Crippen LogP contribution in [0.25, 0.3) is 33.3 Å². The number of phenolic OH excluding ortho intramolecular Hbond substituents is 1. The maximum Gasteiger partial charge on any atom is 0.154 e. The molecular weight excluding hydrogens is 516 g/mol. The minimum Gasteiger partial charge on any atom is -0.507 e. The van der Waals surface area contributed by atoms with Gasteiger partial charge >= 0.3 is 0 Å². The van der Waals surface area contributed by atoms with Crippen molar-refractivity contribution in [3.63, 3.8) is 0 Å². The van der Waals surface area contributed by atoms with Gasteiger partial charge < -0.3 is 14.5 Å². The molecule has 1 N–H and O–H groups in total. The van der Waals surface area contributed by atoms with Gasteiger partial charge in [-0.1, -0.05) is 18.2 Å². The molecule has 5 aromatic rings. The molecule has 1 radical (unpaired) electrons. The van der Waals surface area contributed by atoms with Gasteiger partial charge in [0.15, 0.2) is 5.58 Å². The van der Waals surface area contributed by atoms with E-state index in [9.17, 15) is 5.11 Å². The molecule has 0 atom stereocenters. The van der Waals surface area contributed by atoms with Crippen molar-refractivity contribution in [2.24, 2.45) is 0 Å². The minimum atomic E-state index is 0. The number of hydrogen-bond donors (Lipinski definition) is 1. The molecule has 0 aliphatic heterocycles. The fourth-order valence-corrected chi connectivity index (χ4v) is 2.70. The fraction of sp³-hybridized carbons (Fsp3) is 0. The summed E-state index contributed by atoms with van der Waals surface area (Å²) < 4.78 is 5.51. The molecule has 135 valence electrons. The Morgan fingerprint density at radius 1 is 0.778 bits per heavy atom. The fourth-order valence-electron chi connectivity index (χ4n) is 2.70. The smallest absolute Gasteiger partial charge is 0.154 e. The standard InChI is InChI=1S/C11H7NO2.C11H8N.Ir/c13-7-3-1-4-8-10(7)11-9(14-8)5-2-6-12-11;1-2-6-10(7-3-1)11-8-4-5-9-12-11;/h1-6,13H;1-6,8-9H;/q;-1;. The van der Waals surface area contributed by atoms with Crippen LogP contribution in [-0.4, -0.2) is 15.1 Å². The van der Waals surface area contributed by atoms with Crippen molar-refractivity contribution in [2.75, 3.05) is 0 Å². The van der Waals surface area contributed by atoms with Crippen LogP contribution in [0.15, 0.2) is 89.6 Å². The van der Waals surface area contributed by atoms with Gasteiger partial charge in [-0.25, -0.2) is 0 Å². The summed E-state index contributed by atoms with van der Waals surface area (Å²) in [7, 11) is 0. The summed E-state index contributed by atoms with van der Waals surface area (Å²) in [5.41, 5.74) is 4.08. The summed E-state index contributed by atoms with van der Waals surface area (Å²) in [4.78, 5) is 8.39. The van der Waals surface area contributed by atoms with Crippen molar-refractivity contribution >= 4 is 22.1 Å². The van der Waals surface area contributed by atoms with Crippen molar-refractivity contribution in [3.8, 4) is 17.0 Å². The number of fused-ring (bicyclic) bond motifs is 3. The van der Waals surface area contributed by atoms with E-state index in [1.54, 1.807) is 24.5 Å². The van der Waals surface area contributed by atoms with E-state index < -0.39 is 0 Å². The van der Waals surface area contributed by atoms with E-state index >= 15 is 0 Å². The molecule has 0 saturated heterocycles. The van der Waals surface area contributed by atoms with Gasteiger partial charge in [-0.05, 0) is 36.0 Å². The minimum absolute atomic E-state index is 0. The van der Waals surface area contributed by atoms with Crippen LogP contribution >= 0.6 is 0 Å². The summed E-state index contributed by atoms with van der Waals surface area (Å²) in [6.45, 7) is 0. The monoisotopic (exact) mass is 532 g/mol.